The number of hydrogen-bond donors (Lipinski definition) is 2. The standard InChI is InChI=1S/C14H9N3O3S/c18-12(10-6-5-8(7-15-10)13(19)20)17-14-16-9-3-1-2-4-11(9)21-14/h1-7H,(H,19,20)(H,16,17,18). The Morgan fingerprint density at radius 3 is 2.62 bits per heavy atom. The summed E-state index contributed by atoms with van der Waals surface area (Å²) >= 11 is 1.36. The average Bonchev–Trinajstić information content (AvgIpc) is 2.89. The molecule has 0 fully saturated rings. The Morgan fingerprint density at radius 1 is 1.14 bits per heavy atom. The summed E-state index contributed by atoms with van der Waals surface area (Å²) in [7, 11) is 0. The molecule has 3 aromatic rings. The van der Waals surface area contributed by atoms with Crippen LogP contribution < -0.4 is 5.32 Å². The predicted octanol–water partition coefficient (Wildman–Crippen LogP) is 2.64. The van der Waals surface area contributed by atoms with E-state index in [2.05, 4.69) is 15.3 Å². The normalized spacial score (nSPS) is 10.5. The molecular formula is C14H9N3O3S. The first-order valence-electron chi connectivity index (χ1n) is 6.00. The highest BCUT2D eigenvalue weighted by molar-refractivity contribution is 7.22. The number of hydrogen-bond acceptors (Lipinski definition) is 5. The Hall–Kier alpha value is -2.80. The quantitative estimate of drug-likeness (QED) is 0.775. The smallest absolute Gasteiger partial charge is 0.337 e. The van der Waals surface area contributed by atoms with Gasteiger partial charge in [-0.15, -0.1) is 0 Å². The van der Waals surface area contributed by atoms with Gasteiger partial charge in [0.05, 0.1) is 15.8 Å². The molecule has 0 saturated carbocycles. The number of anilines is 1. The molecule has 21 heavy (non-hydrogen) atoms. The zero-order valence-corrected chi connectivity index (χ0v) is 11.4. The number of aromatic nitrogens is 2. The molecule has 104 valence electrons. The SMILES string of the molecule is O=C(O)c1ccc(C(=O)Nc2nc3ccccc3s2)nc1. The summed E-state index contributed by atoms with van der Waals surface area (Å²) in [4.78, 5) is 30.9. The van der Waals surface area contributed by atoms with Crippen LogP contribution in [-0.4, -0.2) is 27.0 Å². The van der Waals surface area contributed by atoms with Crippen molar-refractivity contribution in [2.45, 2.75) is 0 Å². The van der Waals surface area contributed by atoms with Crippen LogP contribution in [0.5, 0.6) is 0 Å². The van der Waals surface area contributed by atoms with Crippen LogP contribution in [0.1, 0.15) is 20.8 Å². The van der Waals surface area contributed by atoms with E-state index in [0.29, 0.717) is 5.13 Å². The molecule has 0 aliphatic heterocycles. The third kappa shape index (κ3) is 2.72. The van der Waals surface area contributed by atoms with Crippen molar-refractivity contribution in [3.8, 4) is 0 Å². The van der Waals surface area contributed by atoms with Gasteiger partial charge in [0.1, 0.15) is 5.69 Å². The number of nitrogens with one attached hydrogen (secondary N) is 1. The minimum atomic E-state index is -1.08. The van der Waals surface area contributed by atoms with E-state index < -0.39 is 11.9 Å². The van der Waals surface area contributed by atoms with Crippen molar-refractivity contribution in [1.82, 2.24) is 9.97 Å². The maximum atomic E-state index is 12.0. The summed E-state index contributed by atoms with van der Waals surface area (Å²) in [6.07, 6.45) is 1.15. The van der Waals surface area contributed by atoms with Gasteiger partial charge in [0.2, 0.25) is 0 Å². The van der Waals surface area contributed by atoms with Crippen LogP contribution in [0.2, 0.25) is 0 Å². The van der Waals surface area contributed by atoms with E-state index in [1.165, 1.54) is 23.5 Å². The van der Waals surface area contributed by atoms with E-state index in [9.17, 15) is 9.59 Å². The summed E-state index contributed by atoms with van der Waals surface area (Å²) in [5.74, 6) is -1.51. The first-order valence-corrected chi connectivity index (χ1v) is 6.81. The van der Waals surface area contributed by atoms with Gasteiger partial charge < -0.3 is 5.11 Å². The van der Waals surface area contributed by atoms with Crippen molar-refractivity contribution in [3.63, 3.8) is 0 Å². The lowest BCUT2D eigenvalue weighted by atomic mass is 10.2. The molecule has 1 aromatic carbocycles. The minimum Gasteiger partial charge on any atom is -0.478 e. The number of amides is 1. The summed E-state index contributed by atoms with van der Waals surface area (Å²) in [5.41, 5.74) is 0.984. The predicted molar refractivity (Wildman–Crippen MR) is 78.8 cm³/mol. The molecule has 0 bridgehead atoms. The Kier molecular flexibility index (Phi) is 3.33. The first kappa shape index (κ1) is 13.2. The fourth-order valence-electron chi connectivity index (χ4n) is 1.74. The Balaban J connectivity index is 1.80. The van der Waals surface area contributed by atoms with Crippen molar-refractivity contribution in [2.75, 3.05) is 5.32 Å². The van der Waals surface area contributed by atoms with Gasteiger partial charge in [-0.05, 0) is 24.3 Å². The molecular weight excluding hydrogens is 290 g/mol. The van der Waals surface area contributed by atoms with Crippen LogP contribution in [0, 0.1) is 0 Å². The molecule has 0 unspecified atom stereocenters. The lowest BCUT2D eigenvalue weighted by molar-refractivity contribution is 0.0696. The number of aromatic carboxylic acids is 1. The molecule has 0 radical (unpaired) electrons. The van der Waals surface area contributed by atoms with E-state index in [1.807, 2.05) is 24.3 Å². The van der Waals surface area contributed by atoms with Crippen LogP contribution in [-0.2, 0) is 0 Å². The number of para-hydroxylation sites is 1. The second-order valence-electron chi connectivity index (χ2n) is 4.18. The fraction of sp³-hybridized carbons (Fsp3) is 0. The number of pyridine rings is 1. The first-order chi connectivity index (χ1) is 10.1. The van der Waals surface area contributed by atoms with Crippen molar-refractivity contribution >= 4 is 38.6 Å². The summed E-state index contributed by atoms with van der Waals surface area (Å²) < 4.78 is 0.974. The molecule has 3 rings (SSSR count). The van der Waals surface area contributed by atoms with Crippen molar-refractivity contribution in [2.24, 2.45) is 0 Å². The molecule has 1 amide bonds. The lowest BCUT2D eigenvalue weighted by Gasteiger charge is -2.01. The van der Waals surface area contributed by atoms with Crippen LogP contribution >= 0.6 is 11.3 Å². The number of fused-ring (bicyclic) bond motifs is 1. The zero-order chi connectivity index (χ0) is 14.8. The maximum absolute atomic E-state index is 12.0. The molecule has 0 saturated heterocycles. The fourth-order valence-corrected chi connectivity index (χ4v) is 2.60. The highest BCUT2D eigenvalue weighted by atomic mass is 32.1. The number of carbonyl (C=O) groups is 2. The van der Waals surface area contributed by atoms with Gasteiger partial charge in [0, 0.05) is 6.20 Å². The molecule has 7 heteroatoms. The Morgan fingerprint density at radius 2 is 1.95 bits per heavy atom. The molecule has 2 N–H and O–H groups in total. The van der Waals surface area contributed by atoms with Gasteiger partial charge in [-0.3, -0.25) is 15.1 Å². The third-order valence-corrected chi connectivity index (χ3v) is 3.71. The van der Waals surface area contributed by atoms with Crippen molar-refractivity contribution in [3.05, 3.63) is 53.9 Å². The van der Waals surface area contributed by atoms with E-state index >= 15 is 0 Å². The number of benzene rings is 1. The van der Waals surface area contributed by atoms with Crippen LogP contribution in [0.3, 0.4) is 0 Å². The maximum Gasteiger partial charge on any atom is 0.337 e. The van der Waals surface area contributed by atoms with E-state index in [1.54, 1.807) is 0 Å². The third-order valence-electron chi connectivity index (χ3n) is 2.76. The molecule has 2 aromatic heterocycles. The van der Waals surface area contributed by atoms with Crippen LogP contribution in [0.4, 0.5) is 5.13 Å². The Labute approximate surface area is 123 Å². The summed E-state index contributed by atoms with van der Waals surface area (Å²) in [6.45, 7) is 0. The topological polar surface area (TPSA) is 92.2 Å². The van der Waals surface area contributed by atoms with Gasteiger partial charge in [0.15, 0.2) is 5.13 Å². The number of thiazole rings is 1. The minimum absolute atomic E-state index is 0.0338. The molecule has 0 atom stereocenters. The summed E-state index contributed by atoms with van der Waals surface area (Å²) in [5, 5.41) is 11.9. The average molecular weight is 299 g/mol. The molecule has 0 spiro atoms. The number of carboxylic acids is 1. The highest BCUT2D eigenvalue weighted by Gasteiger charge is 2.12. The van der Waals surface area contributed by atoms with Crippen LogP contribution in [0.25, 0.3) is 10.2 Å². The number of carboxylic acid groups (broad SMARTS) is 1. The number of rotatable bonds is 3. The largest absolute Gasteiger partial charge is 0.478 e. The zero-order valence-electron chi connectivity index (χ0n) is 10.6. The van der Waals surface area contributed by atoms with Gasteiger partial charge in [-0.25, -0.2) is 9.78 Å². The second kappa shape index (κ2) is 5.29. The van der Waals surface area contributed by atoms with Gasteiger partial charge >= 0.3 is 5.97 Å². The Bertz CT molecular complexity index is 794. The second-order valence-corrected chi connectivity index (χ2v) is 5.21. The van der Waals surface area contributed by atoms with E-state index in [-0.39, 0.29) is 11.3 Å². The van der Waals surface area contributed by atoms with E-state index in [4.69, 9.17) is 5.11 Å². The number of nitrogens with zero attached hydrogens (tertiary/aromatic N) is 2. The van der Waals surface area contributed by atoms with Crippen LogP contribution in [0.15, 0.2) is 42.6 Å². The van der Waals surface area contributed by atoms with Gasteiger partial charge in [-0.1, -0.05) is 23.5 Å². The molecule has 6 nitrogen and oxygen atoms in total. The highest BCUT2D eigenvalue weighted by Crippen LogP contribution is 2.25. The molecule has 0 aliphatic carbocycles. The number of carbonyl (C=O) groups excluding carboxylic acids is 1. The summed E-state index contributed by atoms with van der Waals surface area (Å²) in [6, 6.07) is 10.3. The monoisotopic (exact) mass is 299 g/mol. The van der Waals surface area contributed by atoms with Crippen molar-refractivity contribution < 1.29 is 14.7 Å². The lowest BCUT2D eigenvalue weighted by Crippen LogP contribution is -2.13. The van der Waals surface area contributed by atoms with Gasteiger partial charge in [0.25, 0.3) is 5.91 Å². The van der Waals surface area contributed by atoms with Crippen molar-refractivity contribution in [1.29, 1.82) is 0 Å². The van der Waals surface area contributed by atoms with Gasteiger partial charge in [-0.2, -0.15) is 0 Å². The van der Waals surface area contributed by atoms with E-state index in [0.717, 1.165) is 16.4 Å². The molecule has 0 aliphatic rings. The molecule has 2 heterocycles.